The van der Waals surface area contributed by atoms with Gasteiger partial charge in [0.1, 0.15) is 17.7 Å². The van der Waals surface area contributed by atoms with Crippen molar-refractivity contribution in [3.8, 4) is 0 Å². The Morgan fingerprint density at radius 2 is 1.92 bits per heavy atom. The Morgan fingerprint density at radius 3 is 2.68 bits per heavy atom. The molecule has 0 aromatic heterocycles. The summed E-state index contributed by atoms with van der Waals surface area (Å²) in [6.07, 6.45) is 4.57. The second kappa shape index (κ2) is 7.45. The summed E-state index contributed by atoms with van der Waals surface area (Å²) in [5, 5.41) is 4.47. The molecular weight excluding hydrogens is 334 g/mol. The van der Waals surface area contributed by atoms with E-state index in [4.69, 9.17) is 9.47 Å². The van der Waals surface area contributed by atoms with E-state index < -0.39 is 29.2 Å². The van der Waals surface area contributed by atoms with Crippen molar-refractivity contribution in [3.63, 3.8) is 0 Å². The molecule has 25 heavy (non-hydrogen) atoms. The van der Waals surface area contributed by atoms with E-state index in [2.05, 4.69) is 5.32 Å². The van der Waals surface area contributed by atoms with Gasteiger partial charge in [0.25, 0.3) is 0 Å². The van der Waals surface area contributed by atoms with Gasteiger partial charge in [-0.1, -0.05) is 6.42 Å². The number of nitrogens with one attached hydrogen (secondary N) is 2. The van der Waals surface area contributed by atoms with Gasteiger partial charge < -0.3 is 20.1 Å². The van der Waals surface area contributed by atoms with Crippen molar-refractivity contribution in [1.29, 1.82) is 0 Å². The predicted octanol–water partition coefficient (Wildman–Crippen LogP) is 2.10. The summed E-state index contributed by atoms with van der Waals surface area (Å²) < 4.78 is 38.2. The molecule has 1 heterocycles. The molecule has 1 aliphatic carbocycles. The predicted molar refractivity (Wildman–Crippen MR) is 84.6 cm³/mol. The second-order valence-electron chi connectivity index (χ2n) is 6.31. The van der Waals surface area contributed by atoms with Crippen LogP contribution in [-0.2, 0) is 19.1 Å². The maximum absolute atomic E-state index is 13.5. The highest BCUT2D eigenvalue weighted by atomic mass is 19.1. The van der Waals surface area contributed by atoms with Crippen molar-refractivity contribution < 1.29 is 27.8 Å². The topological polar surface area (TPSA) is 76.7 Å². The van der Waals surface area contributed by atoms with Crippen molar-refractivity contribution in [1.82, 2.24) is 5.32 Å². The van der Waals surface area contributed by atoms with Gasteiger partial charge >= 0.3 is 11.8 Å². The van der Waals surface area contributed by atoms with E-state index in [0.717, 1.165) is 50.3 Å². The van der Waals surface area contributed by atoms with Crippen LogP contribution < -0.4 is 10.6 Å². The van der Waals surface area contributed by atoms with Crippen molar-refractivity contribution in [2.24, 2.45) is 0 Å². The summed E-state index contributed by atoms with van der Waals surface area (Å²) in [6.45, 7) is 0.458. The van der Waals surface area contributed by atoms with E-state index in [1.165, 1.54) is 0 Å². The number of amides is 2. The Morgan fingerprint density at radius 1 is 1.16 bits per heavy atom. The van der Waals surface area contributed by atoms with Gasteiger partial charge in [-0.15, -0.1) is 0 Å². The van der Waals surface area contributed by atoms with Gasteiger partial charge in [-0.2, -0.15) is 0 Å². The Labute approximate surface area is 143 Å². The first kappa shape index (κ1) is 17.8. The lowest BCUT2D eigenvalue weighted by Crippen LogP contribution is -2.41. The number of anilines is 1. The van der Waals surface area contributed by atoms with Crippen LogP contribution in [-0.4, -0.2) is 36.9 Å². The summed E-state index contributed by atoms with van der Waals surface area (Å²) in [4.78, 5) is 23.6. The number of halogens is 2. The third kappa shape index (κ3) is 4.32. The third-order valence-corrected chi connectivity index (χ3v) is 4.40. The standard InChI is InChI=1S/C17H20F2N2O4/c18-11-4-5-13(19)14(8-11)21-16(23)15(22)20-9-12-10-24-17(25-12)6-2-1-3-7-17/h4-5,8,12H,1-3,6-7,9-10H2,(H,20,22)(H,21,23)/t12-/m1/s1. The highest BCUT2D eigenvalue weighted by Gasteiger charge is 2.42. The summed E-state index contributed by atoms with van der Waals surface area (Å²) >= 11 is 0. The molecule has 2 aliphatic rings. The summed E-state index contributed by atoms with van der Waals surface area (Å²) in [5.74, 6) is -4.12. The van der Waals surface area contributed by atoms with Crippen LogP contribution >= 0.6 is 0 Å². The van der Waals surface area contributed by atoms with Crippen molar-refractivity contribution in [2.45, 2.75) is 44.0 Å². The van der Waals surface area contributed by atoms with E-state index >= 15 is 0 Å². The molecule has 136 valence electrons. The fourth-order valence-electron chi connectivity index (χ4n) is 3.13. The quantitative estimate of drug-likeness (QED) is 0.815. The zero-order valence-corrected chi connectivity index (χ0v) is 13.6. The molecule has 1 saturated heterocycles. The highest BCUT2D eigenvalue weighted by Crippen LogP contribution is 2.37. The van der Waals surface area contributed by atoms with Crippen molar-refractivity contribution >= 4 is 17.5 Å². The highest BCUT2D eigenvalue weighted by molar-refractivity contribution is 6.39. The van der Waals surface area contributed by atoms with Crippen LogP contribution in [0.2, 0.25) is 0 Å². The van der Waals surface area contributed by atoms with Crippen molar-refractivity contribution in [2.75, 3.05) is 18.5 Å². The number of rotatable bonds is 3. The van der Waals surface area contributed by atoms with Gasteiger partial charge in [-0.05, 0) is 25.0 Å². The average molecular weight is 354 g/mol. The van der Waals surface area contributed by atoms with Gasteiger partial charge in [-0.25, -0.2) is 8.78 Å². The van der Waals surface area contributed by atoms with Gasteiger partial charge in [0, 0.05) is 25.5 Å². The minimum absolute atomic E-state index is 0.111. The first-order valence-corrected chi connectivity index (χ1v) is 8.33. The van der Waals surface area contributed by atoms with Gasteiger partial charge in [-0.3, -0.25) is 9.59 Å². The molecule has 1 atom stereocenters. The fourth-order valence-corrected chi connectivity index (χ4v) is 3.13. The van der Waals surface area contributed by atoms with Crippen LogP contribution in [0.4, 0.5) is 14.5 Å². The van der Waals surface area contributed by atoms with E-state index in [9.17, 15) is 18.4 Å². The number of hydrogen-bond donors (Lipinski definition) is 2. The fraction of sp³-hybridized carbons (Fsp3) is 0.529. The van der Waals surface area contributed by atoms with Crippen molar-refractivity contribution in [3.05, 3.63) is 29.8 Å². The summed E-state index contributed by atoms with van der Waals surface area (Å²) in [7, 11) is 0. The van der Waals surface area contributed by atoms with Crippen LogP contribution in [0.5, 0.6) is 0 Å². The van der Waals surface area contributed by atoms with E-state index in [1.54, 1.807) is 0 Å². The summed E-state index contributed by atoms with van der Waals surface area (Å²) in [6, 6.07) is 2.60. The largest absolute Gasteiger partial charge is 0.347 e. The molecule has 0 radical (unpaired) electrons. The Bertz CT molecular complexity index is 662. The Kier molecular flexibility index (Phi) is 5.29. The van der Waals surface area contributed by atoms with Gasteiger partial charge in [0.15, 0.2) is 5.79 Å². The summed E-state index contributed by atoms with van der Waals surface area (Å²) in [5.41, 5.74) is -0.387. The van der Waals surface area contributed by atoms with Crippen LogP contribution in [0.15, 0.2) is 18.2 Å². The number of hydrogen-bond acceptors (Lipinski definition) is 4. The molecule has 0 bridgehead atoms. The number of benzene rings is 1. The van der Waals surface area contributed by atoms with Gasteiger partial charge in [0.05, 0.1) is 12.3 Å². The molecule has 3 rings (SSSR count). The van der Waals surface area contributed by atoms with E-state index in [1.807, 2.05) is 5.32 Å². The molecule has 2 N–H and O–H groups in total. The zero-order valence-electron chi connectivity index (χ0n) is 13.6. The molecule has 6 nitrogen and oxygen atoms in total. The third-order valence-electron chi connectivity index (χ3n) is 4.40. The molecular formula is C17H20F2N2O4. The molecule has 1 spiro atoms. The number of carbonyl (C=O) groups excluding carboxylic acids is 2. The lowest BCUT2D eigenvalue weighted by atomic mass is 9.94. The molecule has 1 aliphatic heterocycles. The maximum atomic E-state index is 13.5. The normalized spacial score (nSPS) is 21.9. The molecule has 1 aromatic rings. The molecule has 8 heteroatoms. The lowest BCUT2D eigenvalue weighted by molar-refractivity contribution is -0.186. The molecule has 1 aromatic carbocycles. The minimum Gasteiger partial charge on any atom is -0.347 e. The zero-order chi connectivity index (χ0) is 17.9. The van der Waals surface area contributed by atoms with Crippen LogP contribution in [0.1, 0.15) is 32.1 Å². The van der Waals surface area contributed by atoms with Crippen LogP contribution in [0.25, 0.3) is 0 Å². The number of ether oxygens (including phenoxy) is 2. The smallest absolute Gasteiger partial charge is 0.313 e. The lowest BCUT2D eigenvalue weighted by Gasteiger charge is -2.31. The van der Waals surface area contributed by atoms with Crippen LogP contribution in [0.3, 0.4) is 0 Å². The van der Waals surface area contributed by atoms with Gasteiger partial charge in [0.2, 0.25) is 0 Å². The maximum Gasteiger partial charge on any atom is 0.313 e. The van der Waals surface area contributed by atoms with E-state index in [0.29, 0.717) is 6.61 Å². The molecule has 0 unspecified atom stereocenters. The minimum atomic E-state index is -1.07. The monoisotopic (exact) mass is 354 g/mol. The first-order chi connectivity index (χ1) is 12.0. The first-order valence-electron chi connectivity index (χ1n) is 8.33. The Balaban J connectivity index is 1.47. The molecule has 1 saturated carbocycles. The SMILES string of the molecule is O=C(NC[C@@H]1COC2(CCCCC2)O1)C(=O)Nc1cc(F)ccc1F. The Hall–Kier alpha value is -2.06. The molecule has 2 amide bonds. The second-order valence-corrected chi connectivity index (χ2v) is 6.31. The number of carbonyl (C=O) groups is 2. The van der Waals surface area contributed by atoms with E-state index in [-0.39, 0.29) is 18.3 Å². The van der Waals surface area contributed by atoms with Crippen LogP contribution in [0, 0.1) is 11.6 Å². The average Bonchev–Trinajstić information content (AvgIpc) is 2.99. The molecule has 2 fully saturated rings.